The highest BCUT2D eigenvalue weighted by Crippen LogP contribution is 2.41. The van der Waals surface area contributed by atoms with E-state index >= 15 is 0 Å². The summed E-state index contributed by atoms with van der Waals surface area (Å²) in [4.78, 5) is 65.4. The Kier molecular flexibility index (Phi) is 5.12. The van der Waals surface area contributed by atoms with Crippen LogP contribution in [0.25, 0.3) is 10.8 Å². The van der Waals surface area contributed by atoms with Crippen LogP contribution in [0, 0.1) is 11.8 Å². The number of hydrogen-bond acceptors (Lipinski definition) is 6. The highest BCUT2D eigenvalue weighted by molar-refractivity contribution is 6.42. The van der Waals surface area contributed by atoms with Crippen LogP contribution >= 0.6 is 0 Å². The van der Waals surface area contributed by atoms with Crippen molar-refractivity contribution in [3.63, 3.8) is 0 Å². The first kappa shape index (κ1) is 23.2. The molecule has 0 fully saturated rings. The SMILES string of the molecule is O=C1c2ccc3c4c(c(C#Cc5ccccc5)cc(c24)C(=O)N1c1ccncc1)C(=O)N(c1ccncc1)C3=O. The average molecular weight is 521 g/mol. The van der Waals surface area contributed by atoms with Crippen LogP contribution in [0.1, 0.15) is 52.6 Å². The molecule has 0 radical (unpaired) electrons. The highest BCUT2D eigenvalue weighted by Gasteiger charge is 2.42. The molecule has 0 atom stereocenters. The summed E-state index contributed by atoms with van der Waals surface area (Å²) in [5.41, 5.74) is 2.45. The fraction of sp³-hybridized carbons (Fsp3) is 0. The molecule has 0 spiro atoms. The molecular formula is C32H16N4O4. The van der Waals surface area contributed by atoms with Crippen molar-refractivity contribution in [3.05, 3.63) is 131 Å². The molecule has 0 unspecified atom stereocenters. The number of rotatable bonds is 2. The van der Waals surface area contributed by atoms with Gasteiger partial charge in [-0.2, -0.15) is 0 Å². The summed E-state index contributed by atoms with van der Waals surface area (Å²) in [6.45, 7) is 0. The van der Waals surface area contributed by atoms with E-state index in [1.165, 1.54) is 36.9 Å². The lowest BCUT2D eigenvalue weighted by Crippen LogP contribution is -2.44. The number of pyridine rings is 2. The molecule has 4 heterocycles. The van der Waals surface area contributed by atoms with Crippen molar-refractivity contribution in [1.29, 1.82) is 0 Å². The van der Waals surface area contributed by atoms with Gasteiger partial charge in [0.1, 0.15) is 0 Å². The fourth-order valence-electron chi connectivity index (χ4n) is 5.19. The molecule has 2 aliphatic rings. The van der Waals surface area contributed by atoms with E-state index in [9.17, 15) is 19.2 Å². The smallest absolute Gasteiger partial charge is 0.267 e. The first-order valence-electron chi connectivity index (χ1n) is 12.3. The van der Waals surface area contributed by atoms with Crippen LogP contribution in [0.3, 0.4) is 0 Å². The van der Waals surface area contributed by atoms with Gasteiger partial charge in [-0.3, -0.25) is 29.1 Å². The summed E-state index contributed by atoms with van der Waals surface area (Å²) in [5, 5.41) is 0.526. The van der Waals surface area contributed by atoms with Crippen molar-refractivity contribution in [2.24, 2.45) is 0 Å². The molecule has 0 N–H and O–H groups in total. The molecule has 8 heteroatoms. The van der Waals surface area contributed by atoms with Gasteiger partial charge in [0.15, 0.2) is 0 Å². The highest BCUT2D eigenvalue weighted by atomic mass is 16.2. The lowest BCUT2D eigenvalue weighted by atomic mass is 9.83. The molecule has 2 aromatic heterocycles. The Morgan fingerprint density at radius 1 is 0.525 bits per heavy atom. The van der Waals surface area contributed by atoms with Crippen LogP contribution in [0.4, 0.5) is 11.4 Å². The zero-order chi connectivity index (χ0) is 27.4. The third-order valence-corrected chi connectivity index (χ3v) is 6.96. The number of carbonyl (C=O) groups excluding carboxylic acids is 4. The Morgan fingerprint density at radius 3 is 1.65 bits per heavy atom. The van der Waals surface area contributed by atoms with Crippen LogP contribution in [-0.2, 0) is 0 Å². The number of imide groups is 2. The second-order valence-corrected chi connectivity index (χ2v) is 9.18. The molecule has 2 aliphatic heterocycles. The number of amides is 4. The van der Waals surface area contributed by atoms with Gasteiger partial charge in [0.25, 0.3) is 23.6 Å². The number of hydrogen-bond donors (Lipinski definition) is 0. The number of benzene rings is 3. The van der Waals surface area contributed by atoms with Gasteiger partial charge in [0.2, 0.25) is 0 Å². The zero-order valence-corrected chi connectivity index (χ0v) is 20.7. The van der Waals surface area contributed by atoms with E-state index in [1.54, 1.807) is 30.3 Å². The van der Waals surface area contributed by atoms with Crippen LogP contribution < -0.4 is 9.80 Å². The summed E-state index contributed by atoms with van der Waals surface area (Å²) < 4.78 is 0. The molecule has 4 amide bonds. The molecule has 3 aromatic carbocycles. The Balaban J connectivity index is 1.54. The largest absolute Gasteiger partial charge is 0.268 e. The van der Waals surface area contributed by atoms with E-state index in [1.807, 2.05) is 30.3 Å². The fourth-order valence-corrected chi connectivity index (χ4v) is 5.19. The maximum Gasteiger partial charge on any atom is 0.267 e. The monoisotopic (exact) mass is 520 g/mol. The summed E-state index contributed by atoms with van der Waals surface area (Å²) in [7, 11) is 0. The van der Waals surface area contributed by atoms with Crippen molar-refractivity contribution in [1.82, 2.24) is 9.97 Å². The molecule has 0 saturated heterocycles. The van der Waals surface area contributed by atoms with Crippen LogP contribution in [0.15, 0.2) is 97.6 Å². The Morgan fingerprint density at radius 2 is 1.05 bits per heavy atom. The minimum Gasteiger partial charge on any atom is -0.268 e. The number of anilines is 2. The van der Waals surface area contributed by atoms with Gasteiger partial charge in [0, 0.05) is 57.8 Å². The molecule has 0 aliphatic carbocycles. The lowest BCUT2D eigenvalue weighted by Gasteiger charge is -2.32. The molecule has 7 rings (SSSR count). The van der Waals surface area contributed by atoms with Crippen molar-refractivity contribution in [2.75, 3.05) is 9.80 Å². The van der Waals surface area contributed by atoms with Gasteiger partial charge in [-0.05, 0) is 54.6 Å². The van der Waals surface area contributed by atoms with Gasteiger partial charge < -0.3 is 0 Å². The third kappa shape index (κ3) is 3.35. The first-order valence-corrected chi connectivity index (χ1v) is 12.3. The van der Waals surface area contributed by atoms with Crippen molar-refractivity contribution in [3.8, 4) is 11.8 Å². The zero-order valence-electron chi connectivity index (χ0n) is 20.7. The minimum atomic E-state index is -0.596. The van der Waals surface area contributed by atoms with E-state index in [2.05, 4.69) is 21.8 Å². The Bertz CT molecular complexity index is 1980. The topological polar surface area (TPSA) is 101 Å². The predicted octanol–water partition coefficient (Wildman–Crippen LogP) is 4.63. The number of nitrogens with zero attached hydrogens (tertiary/aromatic N) is 4. The molecule has 0 bridgehead atoms. The van der Waals surface area contributed by atoms with E-state index in [0.717, 1.165) is 9.80 Å². The van der Waals surface area contributed by atoms with Gasteiger partial charge in [0.05, 0.1) is 22.5 Å². The lowest BCUT2D eigenvalue weighted by molar-refractivity contribution is 0.0873. The minimum absolute atomic E-state index is 0.161. The maximum absolute atomic E-state index is 14.1. The Hall–Kier alpha value is -5.94. The van der Waals surface area contributed by atoms with Crippen LogP contribution in [0.2, 0.25) is 0 Å². The predicted molar refractivity (Wildman–Crippen MR) is 147 cm³/mol. The average Bonchev–Trinajstić information content (AvgIpc) is 2.99. The first-order chi connectivity index (χ1) is 19.5. The van der Waals surface area contributed by atoms with Crippen LogP contribution in [-0.4, -0.2) is 33.6 Å². The molecule has 0 saturated carbocycles. The van der Waals surface area contributed by atoms with Crippen molar-refractivity contribution in [2.45, 2.75) is 0 Å². The number of carbonyl (C=O) groups is 4. The van der Waals surface area contributed by atoms with Gasteiger partial charge in [-0.25, -0.2) is 9.80 Å². The molecule has 5 aromatic rings. The van der Waals surface area contributed by atoms with E-state index in [0.29, 0.717) is 16.9 Å². The summed E-state index contributed by atoms with van der Waals surface area (Å²) in [6, 6.07) is 20.1. The van der Waals surface area contributed by atoms with Gasteiger partial charge in [-0.1, -0.05) is 30.0 Å². The maximum atomic E-state index is 14.1. The third-order valence-electron chi connectivity index (χ3n) is 6.96. The van der Waals surface area contributed by atoms with Crippen LogP contribution in [0.5, 0.6) is 0 Å². The summed E-state index contributed by atoms with van der Waals surface area (Å²) in [6.07, 6.45) is 5.97. The molecule has 188 valence electrons. The second kappa shape index (κ2) is 8.82. The molecule has 40 heavy (non-hydrogen) atoms. The molecule has 8 nitrogen and oxygen atoms in total. The van der Waals surface area contributed by atoms with E-state index < -0.39 is 23.6 Å². The second-order valence-electron chi connectivity index (χ2n) is 9.18. The summed E-state index contributed by atoms with van der Waals surface area (Å²) >= 11 is 0. The number of aromatic nitrogens is 2. The van der Waals surface area contributed by atoms with E-state index in [-0.39, 0.29) is 38.6 Å². The van der Waals surface area contributed by atoms with E-state index in [4.69, 9.17) is 0 Å². The van der Waals surface area contributed by atoms with Crippen molar-refractivity contribution < 1.29 is 19.2 Å². The normalized spacial score (nSPS) is 13.9. The van der Waals surface area contributed by atoms with Gasteiger partial charge >= 0.3 is 0 Å². The van der Waals surface area contributed by atoms with Gasteiger partial charge in [-0.15, -0.1) is 0 Å². The Labute approximate surface area is 227 Å². The van der Waals surface area contributed by atoms with Crippen molar-refractivity contribution >= 4 is 45.8 Å². The quantitative estimate of drug-likeness (QED) is 0.249. The summed E-state index contributed by atoms with van der Waals surface area (Å²) in [5.74, 6) is 3.84. The molecular weight excluding hydrogens is 504 g/mol. The standard InChI is InChI=1S/C32H16N4O4/c37-29-23-8-9-24-28-26(32(40)36(30(24)38)22-12-16-34-17-13-22)20(7-6-19-4-2-1-3-5-19)18-25(27(23)28)31(39)35(29)21-10-14-33-15-11-21/h1-5,8-18H.